The van der Waals surface area contributed by atoms with Crippen molar-refractivity contribution in [1.82, 2.24) is 10.6 Å². The van der Waals surface area contributed by atoms with Crippen LogP contribution in [-0.2, 0) is 16.1 Å². The van der Waals surface area contributed by atoms with E-state index in [9.17, 15) is 9.59 Å². The molecule has 1 heterocycles. The lowest BCUT2D eigenvalue weighted by Crippen LogP contribution is -2.43. The third-order valence-electron chi connectivity index (χ3n) is 3.42. The Kier molecular flexibility index (Phi) is 3.21. The molecule has 0 spiro atoms. The highest BCUT2D eigenvalue weighted by Gasteiger charge is 2.27. The summed E-state index contributed by atoms with van der Waals surface area (Å²) in [6.45, 7) is 1.03. The summed E-state index contributed by atoms with van der Waals surface area (Å²) in [6.07, 6.45) is 2.11. The van der Waals surface area contributed by atoms with E-state index in [0.29, 0.717) is 12.6 Å². The second-order valence-electron chi connectivity index (χ2n) is 5.05. The molecule has 0 aromatic heterocycles. The Morgan fingerprint density at radius 1 is 1.32 bits per heavy atom. The largest absolute Gasteiger partial charge is 0.352 e. The van der Waals surface area contributed by atoms with Gasteiger partial charge in [0.25, 0.3) is 0 Å². The second-order valence-corrected chi connectivity index (χ2v) is 5.05. The van der Waals surface area contributed by atoms with Crippen LogP contribution in [0.1, 0.15) is 18.4 Å². The van der Waals surface area contributed by atoms with E-state index in [1.165, 1.54) is 0 Å². The molecule has 0 unspecified atom stereocenters. The fourth-order valence-corrected chi connectivity index (χ4v) is 2.28. The number of rotatable bonds is 3. The van der Waals surface area contributed by atoms with Crippen LogP contribution in [0.25, 0.3) is 0 Å². The van der Waals surface area contributed by atoms with Crippen molar-refractivity contribution >= 4 is 17.5 Å². The van der Waals surface area contributed by atoms with E-state index >= 15 is 0 Å². The van der Waals surface area contributed by atoms with Crippen molar-refractivity contribution in [3.05, 3.63) is 29.8 Å². The van der Waals surface area contributed by atoms with Gasteiger partial charge in [-0.05, 0) is 24.5 Å². The number of amides is 2. The molecule has 0 radical (unpaired) electrons. The summed E-state index contributed by atoms with van der Waals surface area (Å²) in [6, 6.07) is 8.03. The molecule has 1 aliphatic heterocycles. The molecule has 0 bridgehead atoms. The van der Waals surface area contributed by atoms with Crippen LogP contribution in [0.3, 0.4) is 0 Å². The van der Waals surface area contributed by atoms with E-state index < -0.39 is 0 Å². The van der Waals surface area contributed by atoms with Crippen LogP contribution in [0.2, 0.25) is 0 Å². The number of para-hydroxylation sites is 1. The minimum Gasteiger partial charge on any atom is -0.352 e. The number of anilines is 1. The molecule has 2 amide bonds. The SMILES string of the molecule is O=C(CN1C(=O)CNCc2ccccc21)NC1CC1. The highest BCUT2D eigenvalue weighted by Crippen LogP contribution is 2.23. The van der Waals surface area contributed by atoms with Crippen LogP contribution in [0.4, 0.5) is 5.69 Å². The van der Waals surface area contributed by atoms with Gasteiger partial charge in [0.2, 0.25) is 11.8 Å². The third-order valence-corrected chi connectivity index (χ3v) is 3.42. The fraction of sp³-hybridized carbons (Fsp3) is 0.429. The molecule has 1 aromatic rings. The summed E-state index contributed by atoms with van der Waals surface area (Å²) < 4.78 is 0. The van der Waals surface area contributed by atoms with Crippen molar-refractivity contribution in [2.75, 3.05) is 18.0 Å². The van der Waals surface area contributed by atoms with E-state index in [1.54, 1.807) is 4.90 Å². The summed E-state index contributed by atoms with van der Waals surface area (Å²) in [4.78, 5) is 25.6. The lowest BCUT2D eigenvalue weighted by atomic mass is 10.1. The molecule has 100 valence electrons. The van der Waals surface area contributed by atoms with Crippen LogP contribution in [-0.4, -0.2) is 30.9 Å². The van der Waals surface area contributed by atoms with Crippen LogP contribution in [0.5, 0.6) is 0 Å². The number of hydrogen-bond acceptors (Lipinski definition) is 3. The molecule has 2 aliphatic rings. The predicted octanol–water partition coefficient (Wildman–Crippen LogP) is 0.401. The van der Waals surface area contributed by atoms with Crippen LogP contribution in [0.15, 0.2) is 24.3 Å². The van der Waals surface area contributed by atoms with Crippen molar-refractivity contribution in [3.8, 4) is 0 Å². The van der Waals surface area contributed by atoms with Gasteiger partial charge in [-0.25, -0.2) is 0 Å². The maximum Gasteiger partial charge on any atom is 0.241 e. The van der Waals surface area contributed by atoms with Gasteiger partial charge in [0.1, 0.15) is 6.54 Å². The van der Waals surface area contributed by atoms with Crippen molar-refractivity contribution in [3.63, 3.8) is 0 Å². The highest BCUT2D eigenvalue weighted by atomic mass is 16.2. The number of carbonyl (C=O) groups is 2. The molecule has 5 heteroatoms. The van der Waals surface area contributed by atoms with Gasteiger partial charge < -0.3 is 15.5 Å². The van der Waals surface area contributed by atoms with E-state index in [0.717, 1.165) is 24.1 Å². The Morgan fingerprint density at radius 2 is 2.11 bits per heavy atom. The van der Waals surface area contributed by atoms with Gasteiger partial charge in [-0.15, -0.1) is 0 Å². The summed E-state index contributed by atoms with van der Waals surface area (Å²) in [5.41, 5.74) is 1.89. The average molecular weight is 259 g/mol. The quantitative estimate of drug-likeness (QED) is 0.826. The Bertz CT molecular complexity index is 511. The zero-order valence-electron chi connectivity index (χ0n) is 10.7. The second kappa shape index (κ2) is 5.01. The summed E-state index contributed by atoms with van der Waals surface area (Å²) >= 11 is 0. The predicted molar refractivity (Wildman–Crippen MR) is 71.7 cm³/mol. The summed E-state index contributed by atoms with van der Waals surface area (Å²) in [5, 5.41) is 6.01. The van der Waals surface area contributed by atoms with Crippen molar-refractivity contribution in [1.29, 1.82) is 0 Å². The van der Waals surface area contributed by atoms with Gasteiger partial charge in [-0.3, -0.25) is 9.59 Å². The minimum absolute atomic E-state index is 0.0594. The maximum atomic E-state index is 12.1. The topological polar surface area (TPSA) is 61.4 Å². The average Bonchev–Trinajstić information content (AvgIpc) is 3.20. The first-order chi connectivity index (χ1) is 9.24. The van der Waals surface area contributed by atoms with E-state index in [2.05, 4.69) is 10.6 Å². The lowest BCUT2D eigenvalue weighted by Gasteiger charge is -2.22. The first-order valence-electron chi connectivity index (χ1n) is 6.62. The van der Waals surface area contributed by atoms with E-state index in [1.807, 2.05) is 24.3 Å². The standard InChI is InChI=1S/C14H17N3O2/c18-13(16-11-5-6-11)9-17-12-4-2-1-3-10(12)7-15-8-14(17)19/h1-4,11,15H,5-9H2,(H,16,18). The Labute approximate surface area is 112 Å². The Hall–Kier alpha value is -1.88. The lowest BCUT2D eigenvalue weighted by molar-refractivity contribution is -0.123. The molecule has 5 nitrogen and oxygen atoms in total. The number of benzene rings is 1. The smallest absolute Gasteiger partial charge is 0.241 e. The van der Waals surface area contributed by atoms with Gasteiger partial charge in [0.15, 0.2) is 0 Å². The molecule has 0 atom stereocenters. The number of hydrogen-bond donors (Lipinski definition) is 2. The Balaban J connectivity index is 1.80. The Morgan fingerprint density at radius 3 is 2.89 bits per heavy atom. The number of fused-ring (bicyclic) bond motifs is 1. The maximum absolute atomic E-state index is 12.1. The number of carbonyl (C=O) groups excluding carboxylic acids is 2. The highest BCUT2D eigenvalue weighted by molar-refractivity contribution is 6.00. The normalized spacial score (nSPS) is 18.7. The molecular formula is C14H17N3O2. The molecule has 3 rings (SSSR count). The van der Waals surface area contributed by atoms with Gasteiger partial charge >= 0.3 is 0 Å². The van der Waals surface area contributed by atoms with Crippen LogP contribution >= 0.6 is 0 Å². The zero-order chi connectivity index (χ0) is 13.2. The molecular weight excluding hydrogens is 242 g/mol. The van der Waals surface area contributed by atoms with E-state index in [4.69, 9.17) is 0 Å². The van der Waals surface area contributed by atoms with Gasteiger partial charge in [-0.2, -0.15) is 0 Å². The van der Waals surface area contributed by atoms with Crippen molar-refractivity contribution in [2.24, 2.45) is 0 Å². The fourth-order valence-electron chi connectivity index (χ4n) is 2.28. The van der Waals surface area contributed by atoms with Gasteiger partial charge in [-0.1, -0.05) is 18.2 Å². The molecule has 1 saturated carbocycles. The molecule has 0 saturated heterocycles. The van der Waals surface area contributed by atoms with E-state index in [-0.39, 0.29) is 24.9 Å². The van der Waals surface area contributed by atoms with Crippen LogP contribution in [0, 0.1) is 0 Å². The van der Waals surface area contributed by atoms with Crippen molar-refractivity contribution < 1.29 is 9.59 Å². The number of nitrogens with one attached hydrogen (secondary N) is 2. The third kappa shape index (κ3) is 2.76. The van der Waals surface area contributed by atoms with Gasteiger partial charge in [0, 0.05) is 18.3 Å². The van der Waals surface area contributed by atoms with Crippen molar-refractivity contribution in [2.45, 2.75) is 25.4 Å². The molecule has 1 fully saturated rings. The summed E-state index contributed by atoms with van der Waals surface area (Å²) in [5.74, 6) is -0.136. The minimum atomic E-state index is -0.0763. The molecule has 1 aromatic carbocycles. The zero-order valence-corrected chi connectivity index (χ0v) is 10.7. The molecule has 1 aliphatic carbocycles. The number of nitrogens with zero attached hydrogens (tertiary/aromatic N) is 1. The monoisotopic (exact) mass is 259 g/mol. The first-order valence-corrected chi connectivity index (χ1v) is 6.62. The summed E-state index contributed by atoms with van der Waals surface area (Å²) in [7, 11) is 0. The van der Waals surface area contributed by atoms with Crippen LogP contribution < -0.4 is 15.5 Å². The van der Waals surface area contributed by atoms with Gasteiger partial charge in [0.05, 0.1) is 6.54 Å². The molecule has 2 N–H and O–H groups in total. The molecule has 19 heavy (non-hydrogen) atoms. The first kappa shape index (κ1) is 12.2.